The van der Waals surface area contributed by atoms with Gasteiger partial charge in [-0.1, -0.05) is 72.8 Å². The summed E-state index contributed by atoms with van der Waals surface area (Å²) in [5.41, 5.74) is 8.37. The molecule has 1 aromatic heterocycles. The van der Waals surface area contributed by atoms with Gasteiger partial charge >= 0.3 is 0 Å². The molecule has 5 rings (SSSR count). The first kappa shape index (κ1) is 15.8. The van der Waals surface area contributed by atoms with Crippen molar-refractivity contribution in [3.05, 3.63) is 113 Å². The number of fused-ring (bicyclic) bond motifs is 2. The van der Waals surface area contributed by atoms with Crippen LogP contribution in [0.5, 0.6) is 0 Å². The molecule has 1 atom stereocenters. The maximum absolute atomic E-state index is 11.1. The van der Waals surface area contributed by atoms with Gasteiger partial charge in [-0.3, -0.25) is 4.79 Å². The summed E-state index contributed by atoms with van der Waals surface area (Å²) >= 11 is 0. The molecule has 3 aromatic carbocycles. The molecule has 0 bridgehead atoms. The van der Waals surface area contributed by atoms with Gasteiger partial charge < -0.3 is 4.98 Å². The normalized spacial score (nSPS) is 14.0. The van der Waals surface area contributed by atoms with E-state index in [9.17, 15) is 4.79 Å². The molecule has 4 aromatic rings. The third-order valence-electron chi connectivity index (χ3n) is 5.52. The van der Waals surface area contributed by atoms with E-state index in [4.69, 9.17) is 0 Å². The average molecular weight is 349 g/mol. The third-order valence-corrected chi connectivity index (χ3v) is 5.52. The Bertz CT molecular complexity index is 1160. The molecule has 0 fully saturated rings. The number of nitrogens with one attached hydrogen (secondary N) is 1. The van der Waals surface area contributed by atoms with E-state index in [-0.39, 0.29) is 5.92 Å². The SMILES string of the molecule is O=Cc1ccc(C(C2=CCc3ccccc32)c2c[nH]c3ccccc23)cc1. The zero-order chi connectivity index (χ0) is 18.2. The molecule has 0 spiro atoms. The summed E-state index contributed by atoms with van der Waals surface area (Å²) in [5.74, 6) is 0.130. The molecular formula is C25H19NO. The van der Waals surface area contributed by atoms with E-state index in [1.165, 1.54) is 33.2 Å². The number of benzene rings is 3. The van der Waals surface area contributed by atoms with Crippen LogP contribution in [0.3, 0.4) is 0 Å². The number of hydrogen-bond acceptors (Lipinski definition) is 1. The number of allylic oxidation sites excluding steroid dienone is 2. The zero-order valence-electron chi connectivity index (χ0n) is 14.9. The number of rotatable bonds is 4. The van der Waals surface area contributed by atoms with Crippen molar-refractivity contribution in [3.63, 3.8) is 0 Å². The lowest BCUT2D eigenvalue weighted by atomic mass is 9.82. The van der Waals surface area contributed by atoms with Crippen molar-refractivity contribution in [2.45, 2.75) is 12.3 Å². The van der Waals surface area contributed by atoms with Crippen LogP contribution in [0.4, 0.5) is 0 Å². The summed E-state index contributed by atoms with van der Waals surface area (Å²) in [7, 11) is 0. The number of aromatic nitrogens is 1. The summed E-state index contributed by atoms with van der Waals surface area (Å²) in [6, 6.07) is 25.1. The predicted octanol–water partition coefficient (Wildman–Crippen LogP) is 5.75. The molecule has 0 aliphatic heterocycles. The van der Waals surface area contributed by atoms with Crippen LogP contribution in [0.2, 0.25) is 0 Å². The van der Waals surface area contributed by atoms with Gasteiger partial charge in [0.15, 0.2) is 0 Å². The van der Waals surface area contributed by atoms with Gasteiger partial charge in [-0.15, -0.1) is 0 Å². The van der Waals surface area contributed by atoms with E-state index in [1.807, 2.05) is 12.1 Å². The Balaban J connectivity index is 1.72. The Kier molecular flexibility index (Phi) is 3.75. The van der Waals surface area contributed by atoms with E-state index in [0.717, 1.165) is 18.2 Å². The van der Waals surface area contributed by atoms with Crippen LogP contribution in [-0.4, -0.2) is 11.3 Å². The van der Waals surface area contributed by atoms with Gasteiger partial charge in [-0.2, -0.15) is 0 Å². The minimum Gasteiger partial charge on any atom is -0.361 e. The summed E-state index contributed by atoms with van der Waals surface area (Å²) in [6.07, 6.45) is 6.35. The Morgan fingerprint density at radius 2 is 1.67 bits per heavy atom. The highest BCUT2D eigenvalue weighted by atomic mass is 16.1. The zero-order valence-corrected chi connectivity index (χ0v) is 14.9. The summed E-state index contributed by atoms with van der Waals surface area (Å²) in [4.78, 5) is 14.5. The minimum absolute atomic E-state index is 0.130. The topological polar surface area (TPSA) is 32.9 Å². The standard InChI is InChI=1S/C25H19NO/c27-16-17-9-11-19(12-10-17)25(22-14-13-18-5-1-2-6-20(18)22)23-15-26-24-8-4-3-7-21(23)24/h1-12,14-16,25-26H,13H2. The molecular weight excluding hydrogens is 330 g/mol. The second kappa shape index (κ2) is 6.40. The number of H-pyrrole nitrogens is 1. The molecule has 0 amide bonds. The maximum Gasteiger partial charge on any atom is 0.150 e. The van der Waals surface area contributed by atoms with Crippen molar-refractivity contribution < 1.29 is 4.79 Å². The molecule has 0 radical (unpaired) electrons. The van der Waals surface area contributed by atoms with Crippen molar-refractivity contribution in [2.75, 3.05) is 0 Å². The summed E-state index contributed by atoms with van der Waals surface area (Å²) < 4.78 is 0. The van der Waals surface area contributed by atoms with Crippen LogP contribution in [0.25, 0.3) is 16.5 Å². The number of aldehydes is 1. The first-order valence-corrected chi connectivity index (χ1v) is 9.24. The third kappa shape index (κ3) is 2.61. The summed E-state index contributed by atoms with van der Waals surface area (Å²) in [5, 5.41) is 1.24. The molecule has 2 heteroatoms. The van der Waals surface area contributed by atoms with Crippen LogP contribution in [0, 0.1) is 0 Å². The molecule has 0 saturated heterocycles. The van der Waals surface area contributed by atoms with Crippen LogP contribution in [-0.2, 0) is 6.42 Å². The highest BCUT2D eigenvalue weighted by molar-refractivity contribution is 5.90. The first-order valence-electron chi connectivity index (χ1n) is 9.24. The number of hydrogen-bond donors (Lipinski definition) is 1. The smallest absolute Gasteiger partial charge is 0.150 e. The van der Waals surface area contributed by atoms with Crippen LogP contribution >= 0.6 is 0 Å². The lowest BCUT2D eigenvalue weighted by Crippen LogP contribution is -2.03. The number of aromatic amines is 1. The van der Waals surface area contributed by atoms with Gasteiger partial charge in [-0.25, -0.2) is 0 Å². The van der Waals surface area contributed by atoms with Gasteiger partial charge in [0, 0.05) is 28.6 Å². The highest BCUT2D eigenvalue weighted by Gasteiger charge is 2.26. The molecule has 130 valence electrons. The highest BCUT2D eigenvalue weighted by Crippen LogP contribution is 2.44. The molecule has 1 aliphatic carbocycles. The quantitative estimate of drug-likeness (QED) is 0.467. The number of carbonyl (C=O) groups excluding carboxylic acids is 1. The van der Waals surface area contributed by atoms with Crippen molar-refractivity contribution in [2.24, 2.45) is 0 Å². The maximum atomic E-state index is 11.1. The molecule has 1 aliphatic rings. The van der Waals surface area contributed by atoms with Crippen LogP contribution in [0.1, 0.15) is 38.5 Å². The van der Waals surface area contributed by atoms with E-state index in [0.29, 0.717) is 5.56 Å². The van der Waals surface area contributed by atoms with Crippen LogP contribution < -0.4 is 0 Å². The van der Waals surface area contributed by atoms with Crippen molar-refractivity contribution in [1.82, 2.24) is 4.98 Å². The van der Waals surface area contributed by atoms with Gasteiger partial charge in [0.1, 0.15) is 6.29 Å². The molecule has 1 N–H and O–H groups in total. The Labute approximate surface area is 158 Å². The molecule has 2 nitrogen and oxygen atoms in total. The second-order valence-electron chi connectivity index (χ2n) is 7.03. The van der Waals surface area contributed by atoms with Gasteiger partial charge in [-0.05, 0) is 40.3 Å². The van der Waals surface area contributed by atoms with Gasteiger partial charge in [0.2, 0.25) is 0 Å². The molecule has 27 heavy (non-hydrogen) atoms. The summed E-state index contributed by atoms with van der Waals surface area (Å²) in [6.45, 7) is 0. The lowest BCUT2D eigenvalue weighted by Gasteiger charge is -2.20. The van der Waals surface area contributed by atoms with Crippen molar-refractivity contribution in [1.29, 1.82) is 0 Å². The monoisotopic (exact) mass is 349 g/mol. The van der Waals surface area contributed by atoms with Gasteiger partial charge in [0.05, 0.1) is 0 Å². The largest absolute Gasteiger partial charge is 0.361 e. The second-order valence-corrected chi connectivity index (χ2v) is 7.03. The van der Waals surface area contributed by atoms with E-state index < -0.39 is 0 Å². The fraction of sp³-hybridized carbons (Fsp3) is 0.0800. The molecule has 0 saturated carbocycles. The van der Waals surface area contributed by atoms with Gasteiger partial charge in [0.25, 0.3) is 0 Å². The lowest BCUT2D eigenvalue weighted by molar-refractivity contribution is 0.112. The molecule has 1 heterocycles. The number of para-hydroxylation sites is 1. The molecule has 1 unspecified atom stereocenters. The Morgan fingerprint density at radius 1 is 0.889 bits per heavy atom. The average Bonchev–Trinajstić information content (AvgIpc) is 3.34. The fourth-order valence-electron chi connectivity index (χ4n) is 4.21. The van der Waals surface area contributed by atoms with Crippen molar-refractivity contribution in [3.8, 4) is 0 Å². The van der Waals surface area contributed by atoms with E-state index in [2.05, 4.69) is 77.9 Å². The first-order chi connectivity index (χ1) is 13.3. The van der Waals surface area contributed by atoms with Crippen molar-refractivity contribution >= 4 is 22.8 Å². The minimum atomic E-state index is 0.130. The predicted molar refractivity (Wildman–Crippen MR) is 110 cm³/mol. The van der Waals surface area contributed by atoms with E-state index >= 15 is 0 Å². The van der Waals surface area contributed by atoms with E-state index in [1.54, 1.807) is 0 Å². The van der Waals surface area contributed by atoms with Crippen LogP contribution in [0.15, 0.2) is 85.1 Å². The Hall–Kier alpha value is -3.39. The fourth-order valence-corrected chi connectivity index (χ4v) is 4.21. The Morgan fingerprint density at radius 3 is 2.52 bits per heavy atom. The number of carbonyl (C=O) groups is 1.